The Morgan fingerprint density at radius 2 is 1.22 bits per heavy atom. The molecule has 3 aliphatic rings. The van der Waals surface area contributed by atoms with Crippen molar-refractivity contribution in [3.63, 3.8) is 0 Å². The molecule has 3 fully saturated rings. The molecule has 1 heterocycles. The number of unbranched alkanes of at least 4 members (excludes halogenated alkanes) is 2. The Morgan fingerprint density at radius 1 is 0.625 bits per heavy atom. The normalized spacial score (nSPS) is 33.8. The summed E-state index contributed by atoms with van der Waals surface area (Å²) in [6.07, 6.45) is 19.4. The summed E-state index contributed by atoms with van der Waals surface area (Å²) < 4.78 is 12.5. The Bertz CT molecular complexity index is 629. The maximum absolute atomic E-state index is 6.24. The van der Waals surface area contributed by atoms with Crippen molar-refractivity contribution in [2.24, 2.45) is 23.7 Å². The van der Waals surface area contributed by atoms with Crippen molar-refractivity contribution in [2.45, 2.75) is 116 Å². The molecule has 32 heavy (non-hydrogen) atoms. The fourth-order valence-corrected chi connectivity index (χ4v) is 6.73. The van der Waals surface area contributed by atoms with Gasteiger partial charge < -0.3 is 9.47 Å². The van der Waals surface area contributed by atoms with Crippen molar-refractivity contribution in [1.29, 1.82) is 0 Å². The van der Waals surface area contributed by atoms with Crippen molar-refractivity contribution in [2.75, 3.05) is 13.2 Å². The van der Waals surface area contributed by atoms with Gasteiger partial charge in [-0.1, -0.05) is 89.5 Å². The maximum atomic E-state index is 6.24. The molecule has 4 rings (SSSR count). The fraction of sp³-hybridized carbons (Fsp3) is 0.800. The van der Waals surface area contributed by atoms with Crippen LogP contribution >= 0.6 is 0 Å². The fourth-order valence-electron chi connectivity index (χ4n) is 6.73. The van der Waals surface area contributed by atoms with E-state index >= 15 is 0 Å². The summed E-state index contributed by atoms with van der Waals surface area (Å²) in [5, 5.41) is 0. The lowest BCUT2D eigenvalue weighted by atomic mass is 9.74. The van der Waals surface area contributed by atoms with Crippen molar-refractivity contribution in [3.05, 3.63) is 35.4 Å². The molecule has 0 N–H and O–H groups in total. The van der Waals surface area contributed by atoms with E-state index in [4.69, 9.17) is 9.47 Å². The van der Waals surface area contributed by atoms with Crippen LogP contribution in [0.3, 0.4) is 0 Å². The molecule has 1 saturated heterocycles. The molecule has 0 amide bonds. The summed E-state index contributed by atoms with van der Waals surface area (Å²) >= 11 is 0. The Kier molecular flexibility index (Phi) is 9.53. The molecule has 0 aromatic heterocycles. The van der Waals surface area contributed by atoms with Gasteiger partial charge in [0.2, 0.25) is 0 Å². The van der Waals surface area contributed by atoms with Gasteiger partial charge in [0.05, 0.1) is 13.2 Å². The largest absolute Gasteiger partial charge is 0.348 e. The molecule has 0 atom stereocenters. The van der Waals surface area contributed by atoms with Crippen LogP contribution in [0.25, 0.3) is 0 Å². The predicted molar refractivity (Wildman–Crippen MR) is 134 cm³/mol. The van der Waals surface area contributed by atoms with E-state index in [0.29, 0.717) is 5.92 Å². The first-order valence-electron chi connectivity index (χ1n) is 14.1. The Morgan fingerprint density at radius 3 is 1.84 bits per heavy atom. The van der Waals surface area contributed by atoms with Crippen LogP contribution < -0.4 is 0 Å². The summed E-state index contributed by atoms with van der Waals surface area (Å²) in [6.45, 7) is 6.38. The van der Waals surface area contributed by atoms with E-state index in [9.17, 15) is 0 Å². The average Bonchev–Trinajstić information content (AvgIpc) is 2.86. The quantitative estimate of drug-likeness (QED) is 0.357. The zero-order valence-electron chi connectivity index (χ0n) is 20.9. The number of rotatable bonds is 9. The third-order valence-electron chi connectivity index (χ3n) is 8.92. The number of hydrogen-bond donors (Lipinski definition) is 0. The van der Waals surface area contributed by atoms with Gasteiger partial charge in [-0.05, 0) is 67.8 Å². The second kappa shape index (κ2) is 12.6. The van der Waals surface area contributed by atoms with E-state index in [1.165, 1.54) is 101 Å². The van der Waals surface area contributed by atoms with E-state index in [0.717, 1.165) is 36.9 Å². The molecule has 0 spiro atoms. The number of benzene rings is 1. The van der Waals surface area contributed by atoms with E-state index in [-0.39, 0.29) is 6.29 Å². The van der Waals surface area contributed by atoms with E-state index in [2.05, 4.69) is 38.1 Å². The lowest BCUT2D eigenvalue weighted by molar-refractivity contribution is -0.214. The molecule has 2 heteroatoms. The SMILES string of the molecule is CCCCCC1CCC(C2COC(c3ccc(C4CCC(CCC)CC4)cc3)OC2)CC1. The lowest BCUT2D eigenvalue weighted by Gasteiger charge is -2.38. The molecule has 180 valence electrons. The van der Waals surface area contributed by atoms with Gasteiger partial charge in [0, 0.05) is 11.5 Å². The van der Waals surface area contributed by atoms with E-state index < -0.39 is 0 Å². The molecule has 1 aliphatic heterocycles. The summed E-state index contributed by atoms with van der Waals surface area (Å²) in [5.74, 6) is 4.12. The molecule has 2 nitrogen and oxygen atoms in total. The lowest BCUT2D eigenvalue weighted by Crippen LogP contribution is -2.34. The van der Waals surface area contributed by atoms with Crippen LogP contribution in [-0.2, 0) is 9.47 Å². The second-order valence-corrected chi connectivity index (χ2v) is 11.2. The standard InChI is InChI=1S/C30H48O2/c1-3-5-6-8-24-11-15-27(16-12-24)29-21-31-30(32-22-29)28-19-17-26(18-20-28)25-13-9-23(7-4-2)10-14-25/h17-20,23-25,27,29-30H,3-16,21-22H2,1-2H3. The molecule has 0 unspecified atom stereocenters. The molecular weight excluding hydrogens is 392 g/mol. The highest BCUT2D eigenvalue weighted by atomic mass is 16.7. The molecule has 0 radical (unpaired) electrons. The highest BCUT2D eigenvalue weighted by Crippen LogP contribution is 2.40. The average molecular weight is 441 g/mol. The van der Waals surface area contributed by atoms with Crippen LogP contribution in [0.2, 0.25) is 0 Å². The van der Waals surface area contributed by atoms with Crippen molar-refractivity contribution < 1.29 is 9.47 Å². The minimum absolute atomic E-state index is 0.161. The van der Waals surface area contributed by atoms with Crippen LogP contribution in [-0.4, -0.2) is 13.2 Å². The van der Waals surface area contributed by atoms with E-state index in [1.54, 1.807) is 0 Å². The summed E-state index contributed by atoms with van der Waals surface area (Å²) in [6, 6.07) is 9.22. The first-order chi connectivity index (χ1) is 15.8. The van der Waals surface area contributed by atoms with Crippen LogP contribution in [0.4, 0.5) is 0 Å². The third kappa shape index (κ3) is 6.60. The van der Waals surface area contributed by atoms with Crippen molar-refractivity contribution >= 4 is 0 Å². The molecule has 2 aliphatic carbocycles. The first-order valence-corrected chi connectivity index (χ1v) is 14.1. The number of ether oxygens (including phenoxy) is 2. The van der Waals surface area contributed by atoms with Gasteiger partial charge in [-0.3, -0.25) is 0 Å². The summed E-state index contributed by atoms with van der Waals surface area (Å²) in [7, 11) is 0. The van der Waals surface area contributed by atoms with Crippen molar-refractivity contribution in [3.8, 4) is 0 Å². The highest BCUT2D eigenvalue weighted by Gasteiger charge is 2.32. The Hall–Kier alpha value is -0.860. The molecule has 0 bridgehead atoms. The summed E-state index contributed by atoms with van der Waals surface area (Å²) in [5.41, 5.74) is 2.72. The van der Waals surface area contributed by atoms with Gasteiger partial charge >= 0.3 is 0 Å². The minimum atomic E-state index is -0.161. The van der Waals surface area contributed by atoms with Crippen LogP contribution in [0.15, 0.2) is 24.3 Å². The van der Waals surface area contributed by atoms with Crippen LogP contribution in [0.1, 0.15) is 127 Å². The topological polar surface area (TPSA) is 18.5 Å². The minimum Gasteiger partial charge on any atom is -0.348 e. The zero-order valence-corrected chi connectivity index (χ0v) is 20.9. The first kappa shape index (κ1) is 24.3. The van der Waals surface area contributed by atoms with E-state index in [1.807, 2.05) is 0 Å². The smallest absolute Gasteiger partial charge is 0.183 e. The zero-order chi connectivity index (χ0) is 22.2. The Labute approximate surface area is 197 Å². The van der Waals surface area contributed by atoms with Gasteiger partial charge in [0.25, 0.3) is 0 Å². The highest BCUT2D eigenvalue weighted by molar-refractivity contribution is 5.26. The molecule has 2 saturated carbocycles. The van der Waals surface area contributed by atoms with Crippen molar-refractivity contribution in [1.82, 2.24) is 0 Å². The van der Waals surface area contributed by atoms with Gasteiger partial charge in [-0.2, -0.15) is 0 Å². The molecular formula is C30H48O2. The predicted octanol–water partition coefficient (Wildman–Crippen LogP) is 8.81. The molecule has 1 aromatic rings. The Balaban J connectivity index is 1.19. The molecule has 1 aromatic carbocycles. The third-order valence-corrected chi connectivity index (χ3v) is 8.92. The van der Waals surface area contributed by atoms with Gasteiger partial charge in [-0.25, -0.2) is 0 Å². The van der Waals surface area contributed by atoms with Gasteiger partial charge in [-0.15, -0.1) is 0 Å². The second-order valence-electron chi connectivity index (χ2n) is 11.2. The van der Waals surface area contributed by atoms with Crippen LogP contribution in [0.5, 0.6) is 0 Å². The number of hydrogen-bond acceptors (Lipinski definition) is 2. The van der Waals surface area contributed by atoms with Gasteiger partial charge in [0.15, 0.2) is 6.29 Å². The summed E-state index contributed by atoms with van der Waals surface area (Å²) in [4.78, 5) is 0. The van der Waals surface area contributed by atoms with Gasteiger partial charge in [0.1, 0.15) is 0 Å². The van der Waals surface area contributed by atoms with Crippen LogP contribution in [0, 0.1) is 23.7 Å². The monoisotopic (exact) mass is 440 g/mol. The maximum Gasteiger partial charge on any atom is 0.183 e.